The number of pyridine rings is 1. The van der Waals surface area contributed by atoms with Crippen LogP contribution in [-0.2, 0) is 6.42 Å². The number of hydrogen-bond donors (Lipinski definition) is 1. The Hall–Kier alpha value is -1.29. The van der Waals surface area contributed by atoms with Gasteiger partial charge in [0.05, 0.1) is 12.1 Å². The molecule has 2 heterocycles. The van der Waals surface area contributed by atoms with Crippen LogP contribution in [0.4, 0.5) is 0 Å². The van der Waals surface area contributed by atoms with E-state index in [-0.39, 0.29) is 0 Å². The number of nitrogens with one attached hydrogen (secondary N) is 1. The van der Waals surface area contributed by atoms with Crippen LogP contribution in [0.25, 0.3) is 11.2 Å². The normalized spacial score (nSPS) is 10.9. The predicted molar refractivity (Wildman–Crippen MR) is 64.1 cm³/mol. The first-order valence-corrected chi connectivity index (χ1v) is 5.91. The molecule has 0 aliphatic rings. The van der Waals surface area contributed by atoms with Gasteiger partial charge >= 0.3 is 0 Å². The van der Waals surface area contributed by atoms with Crippen molar-refractivity contribution in [3.05, 3.63) is 18.0 Å². The van der Waals surface area contributed by atoms with Crippen LogP contribution in [0.2, 0.25) is 0 Å². The van der Waals surface area contributed by atoms with E-state index in [4.69, 9.17) is 16.3 Å². The molecule has 0 saturated heterocycles. The monoisotopic (exact) mass is 239 g/mol. The van der Waals surface area contributed by atoms with E-state index in [9.17, 15) is 0 Å². The van der Waals surface area contributed by atoms with Crippen LogP contribution < -0.4 is 4.74 Å². The van der Waals surface area contributed by atoms with Gasteiger partial charge in [-0.25, -0.2) is 4.98 Å². The quantitative estimate of drug-likeness (QED) is 0.816. The topological polar surface area (TPSA) is 50.8 Å². The number of hydrogen-bond acceptors (Lipinski definition) is 3. The van der Waals surface area contributed by atoms with Crippen molar-refractivity contribution in [3.8, 4) is 5.88 Å². The number of imidazole rings is 1. The molecule has 1 N–H and O–H groups in total. The van der Waals surface area contributed by atoms with Crippen LogP contribution in [0.15, 0.2) is 12.1 Å². The summed E-state index contributed by atoms with van der Waals surface area (Å²) < 4.78 is 5.32. The first-order valence-electron chi connectivity index (χ1n) is 5.38. The molecule has 0 aliphatic carbocycles. The zero-order valence-electron chi connectivity index (χ0n) is 9.16. The Morgan fingerprint density at radius 3 is 3.00 bits per heavy atom. The molecule has 2 aromatic heterocycles. The van der Waals surface area contributed by atoms with Crippen LogP contribution in [0.3, 0.4) is 0 Å². The van der Waals surface area contributed by atoms with Gasteiger partial charge < -0.3 is 9.72 Å². The number of aromatic nitrogens is 3. The fourth-order valence-corrected chi connectivity index (χ4v) is 1.64. The molecule has 2 aromatic rings. The Morgan fingerprint density at radius 1 is 1.38 bits per heavy atom. The van der Waals surface area contributed by atoms with E-state index in [1.807, 2.05) is 19.1 Å². The molecule has 0 spiro atoms. The van der Waals surface area contributed by atoms with Crippen LogP contribution in [0.1, 0.15) is 19.2 Å². The number of ether oxygens (including phenoxy) is 1. The van der Waals surface area contributed by atoms with Gasteiger partial charge in [-0.3, -0.25) is 0 Å². The molecule has 4 nitrogen and oxygen atoms in total. The molecule has 86 valence electrons. The summed E-state index contributed by atoms with van der Waals surface area (Å²) in [5, 5.41) is 0. The SMILES string of the molecule is CCOc1ccc2[nH]c(CCCCl)nc2n1. The van der Waals surface area contributed by atoms with Crippen LogP contribution in [0.5, 0.6) is 5.88 Å². The molecular formula is C11H14ClN3O. The molecule has 0 aliphatic heterocycles. The van der Waals surface area contributed by atoms with E-state index in [1.54, 1.807) is 0 Å². The molecule has 0 fully saturated rings. The highest BCUT2D eigenvalue weighted by Crippen LogP contribution is 2.15. The van der Waals surface area contributed by atoms with E-state index in [0.29, 0.717) is 24.0 Å². The fraction of sp³-hybridized carbons (Fsp3) is 0.455. The minimum Gasteiger partial charge on any atom is -0.478 e. The lowest BCUT2D eigenvalue weighted by Gasteiger charge is -1.99. The molecule has 16 heavy (non-hydrogen) atoms. The molecule has 0 bridgehead atoms. The first kappa shape index (κ1) is 11.2. The van der Waals surface area contributed by atoms with Crippen molar-refractivity contribution in [1.82, 2.24) is 15.0 Å². The fourth-order valence-electron chi connectivity index (χ4n) is 1.51. The Balaban J connectivity index is 2.23. The third kappa shape index (κ3) is 2.44. The maximum absolute atomic E-state index is 5.64. The summed E-state index contributed by atoms with van der Waals surface area (Å²) in [4.78, 5) is 11.9. The van der Waals surface area contributed by atoms with Gasteiger partial charge in [-0.15, -0.1) is 11.6 Å². The number of halogens is 1. The molecule has 0 aromatic carbocycles. The molecule has 0 saturated carbocycles. The van der Waals surface area contributed by atoms with Crippen molar-refractivity contribution in [2.24, 2.45) is 0 Å². The predicted octanol–water partition coefficient (Wildman–Crippen LogP) is 2.53. The lowest BCUT2D eigenvalue weighted by Crippen LogP contribution is -1.93. The van der Waals surface area contributed by atoms with Gasteiger partial charge in [0.2, 0.25) is 5.88 Å². The molecular weight excluding hydrogens is 226 g/mol. The second-order valence-electron chi connectivity index (χ2n) is 3.43. The average Bonchev–Trinajstić information content (AvgIpc) is 2.68. The highest BCUT2D eigenvalue weighted by molar-refractivity contribution is 6.17. The van der Waals surface area contributed by atoms with E-state index in [2.05, 4.69) is 15.0 Å². The summed E-state index contributed by atoms with van der Waals surface area (Å²) in [7, 11) is 0. The Labute approximate surface area is 99.0 Å². The first-order chi connectivity index (χ1) is 7.83. The van der Waals surface area contributed by atoms with E-state index in [1.165, 1.54) is 0 Å². The van der Waals surface area contributed by atoms with Crippen molar-refractivity contribution < 1.29 is 4.74 Å². The zero-order valence-corrected chi connectivity index (χ0v) is 9.92. The summed E-state index contributed by atoms with van der Waals surface area (Å²) in [5.74, 6) is 2.19. The largest absolute Gasteiger partial charge is 0.478 e. The maximum Gasteiger partial charge on any atom is 0.215 e. The number of aromatic amines is 1. The van der Waals surface area contributed by atoms with Crippen molar-refractivity contribution in [3.63, 3.8) is 0 Å². The molecule has 0 unspecified atom stereocenters. The van der Waals surface area contributed by atoms with Gasteiger partial charge in [-0.1, -0.05) is 0 Å². The van der Waals surface area contributed by atoms with Gasteiger partial charge in [-0.05, 0) is 19.4 Å². The minimum atomic E-state index is 0.613. The van der Waals surface area contributed by atoms with E-state index < -0.39 is 0 Å². The van der Waals surface area contributed by atoms with Crippen molar-refractivity contribution in [1.29, 1.82) is 0 Å². The number of rotatable bonds is 5. The van der Waals surface area contributed by atoms with Gasteiger partial charge in [0.15, 0.2) is 5.65 Å². The van der Waals surface area contributed by atoms with Gasteiger partial charge in [0.25, 0.3) is 0 Å². The van der Waals surface area contributed by atoms with Crippen molar-refractivity contribution >= 4 is 22.8 Å². The average molecular weight is 240 g/mol. The maximum atomic E-state index is 5.64. The van der Waals surface area contributed by atoms with Crippen LogP contribution in [-0.4, -0.2) is 27.4 Å². The third-order valence-corrected chi connectivity index (χ3v) is 2.48. The standard InChI is InChI=1S/C11H14ClN3O/c1-2-16-10-6-5-8-11(15-10)14-9(13-8)4-3-7-12/h5-6H,2-4,7H2,1H3,(H,13,14,15). The molecule has 2 rings (SSSR count). The number of alkyl halides is 1. The van der Waals surface area contributed by atoms with Gasteiger partial charge in [-0.2, -0.15) is 4.98 Å². The van der Waals surface area contributed by atoms with Gasteiger partial charge in [0.1, 0.15) is 5.82 Å². The second kappa shape index (κ2) is 5.16. The zero-order chi connectivity index (χ0) is 11.4. The Morgan fingerprint density at radius 2 is 2.25 bits per heavy atom. The molecule has 0 radical (unpaired) electrons. The number of fused-ring (bicyclic) bond motifs is 1. The lowest BCUT2D eigenvalue weighted by atomic mass is 10.3. The Kier molecular flexibility index (Phi) is 3.62. The third-order valence-electron chi connectivity index (χ3n) is 2.21. The van der Waals surface area contributed by atoms with Gasteiger partial charge in [0, 0.05) is 18.4 Å². The second-order valence-corrected chi connectivity index (χ2v) is 3.81. The highest BCUT2D eigenvalue weighted by atomic mass is 35.5. The molecule has 5 heteroatoms. The summed E-state index contributed by atoms with van der Waals surface area (Å²) in [6.07, 6.45) is 1.77. The van der Waals surface area contributed by atoms with Crippen molar-refractivity contribution in [2.45, 2.75) is 19.8 Å². The number of nitrogens with zero attached hydrogens (tertiary/aromatic N) is 2. The van der Waals surface area contributed by atoms with E-state index >= 15 is 0 Å². The molecule has 0 amide bonds. The Bertz CT molecular complexity index is 469. The lowest BCUT2D eigenvalue weighted by molar-refractivity contribution is 0.328. The minimum absolute atomic E-state index is 0.613. The summed E-state index contributed by atoms with van der Waals surface area (Å²) in [6, 6.07) is 3.78. The number of aryl methyl sites for hydroxylation is 1. The summed E-state index contributed by atoms with van der Waals surface area (Å²) in [5.41, 5.74) is 1.64. The van der Waals surface area contributed by atoms with E-state index in [0.717, 1.165) is 24.2 Å². The summed E-state index contributed by atoms with van der Waals surface area (Å²) >= 11 is 5.64. The van der Waals surface area contributed by atoms with Crippen LogP contribution in [0, 0.1) is 0 Å². The molecule has 0 atom stereocenters. The smallest absolute Gasteiger partial charge is 0.215 e. The van der Waals surface area contributed by atoms with Crippen molar-refractivity contribution in [2.75, 3.05) is 12.5 Å². The highest BCUT2D eigenvalue weighted by Gasteiger charge is 2.05. The number of H-pyrrole nitrogens is 1. The summed E-state index contributed by atoms with van der Waals surface area (Å²) in [6.45, 7) is 2.55. The van der Waals surface area contributed by atoms with Crippen LogP contribution >= 0.6 is 11.6 Å².